The molecule has 1 aromatic carbocycles. The van der Waals surface area contributed by atoms with E-state index in [1.54, 1.807) is 13.2 Å². The fourth-order valence-electron chi connectivity index (χ4n) is 2.58. The molecule has 1 saturated carbocycles. The fourth-order valence-corrected chi connectivity index (χ4v) is 2.58. The van der Waals surface area contributed by atoms with Crippen LogP contribution in [0.5, 0.6) is 11.5 Å². The standard InChI is InChI=1S/C15H17NO4/c1-18-13-4-2-3-12(15(6-7-15)16-10-17)14(13)20-11-5-8-19-9-11/h2-4,11H,5-9H2,1H3. The third kappa shape index (κ3) is 2.30. The van der Waals surface area contributed by atoms with Crippen LogP contribution in [-0.2, 0) is 15.1 Å². The Morgan fingerprint density at radius 3 is 2.90 bits per heavy atom. The zero-order valence-electron chi connectivity index (χ0n) is 11.4. The molecule has 0 bridgehead atoms. The number of benzene rings is 1. The molecule has 1 saturated heterocycles. The highest BCUT2D eigenvalue weighted by molar-refractivity contribution is 5.54. The van der Waals surface area contributed by atoms with Crippen molar-refractivity contribution in [2.45, 2.75) is 30.9 Å². The van der Waals surface area contributed by atoms with E-state index in [0.29, 0.717) is 24.7 Å². The minimum Gasteiger partial charge on any atom is -0.493 e. The average Bonchev–Trinajstić information content (AvgIpc) is 3.06. The summed E-state index contributed by atoms with van der Waals surface area (Å²) in [4.78, 5) is 14.6. The highest BCUT2D eigenvalue weighted by atomic mass is 16.6. The fraction of sp³-hybridized carbons (Fsp3) is 0.533. The van der Waals surface area contributed by atoms with Crippen LogP contribution in [-0.4, -0.2) is 32.5 Å². The van der Waals surface area contributed by atoms with Crippen LogP contribution in [0, 0.1) is 0 Å². The van der Waals surface area contributed by atoms with Crippen LogP contribution in [0.25, 0.3) is 0 Å². The molecule has 3 rings (SSSR count). The number of rotatable bonds is 5. The second-order valence-electron chi connectivity index (χ2n) is 5.18. The van der Waals surface area contributed by atoms with Gasteiger partial charge in [0.05, 0.1) is 20.3 Å². The van der Waals surface area contributed by atoms with Crippen molar-refractivity contribution in [1.82, 2.24) is 0 Å². The van der Waals surface area contributed by atoms with Gasteiger partial charge in [-0.3, -0.25) is 0 Å². The lowest BCUT2D eigenvalue weighted by Gasteiger charge is -2.20. The molecule has 1 aliphatic carbocycles. The van der Waals surface area contributed by atoms with Gasteiger partial charge in [0.2, 0.25) is 6.08 Å². The summed E-state index contributed by atoms with van der Waals surface area (Å²) in [5.74, 6) is 1.35. The SMILES string of the molecule is COc1cccc(C2(N=C=O)CC2)c1OC1CCOC1. The molecule has 0 radical (unpaired) electrons. The third-order valence-corrected chi connectivity index (χ3v) is 3.86. The van der Waals surface area contributed by atoms with E-state index < -0.39 is 5.54 Å². The van der Waals surface area contributed by atoms with E-state index in [1.807, 2.05) is 18.2 Å². The first-order chi connectivity index (χ1) is 9.79. The third-order valence-electron chi connectivity index (χ3n) is 3.86. The second-order valence-corrected chi connectivity index (χ2v) is 5.18. The minimum absolute atomic E-state index is 0.0288. The van der Waals surface area contributed by atoms with Crippen LogP contribution in [0.15, 0.2) is 23.2 Å². The first-order valence-electron chi connectivity index (χ1n) is 6.80. The number of aliphatic imine (C=N–C) groups is 1. The van der Waals surface area contributed by atoms with Gasteiger partial charge in [0.25, 0.3) is 0 Å². The zero-order chi connectivity index (χ0) is 14.0. The van der Waals surface area contributed by atoms with E-state index >= 15 is 0 Å². The van der Waals surface area contributed by atoms with Crippen LogP contribution in [0.2, 0.25) is 0 Å². The summed E-state index contributed by atoms with van der Waals surface area (Å²) in [6.45, 7) is 1.30. The number of carbonyl (C=O) groups excluding carboxylic acids is 1. The monoisotopic (exact) mass is 275 g/mol. The Morgan fingerprint density at radius 1 is 1.45 bits per heavy atom. The Kier molecular flexibility index (Phi) is 3.47. The molecule has 1 aromatic rings. The number of nitrogens with zero attached hydrogens (tertiary/aromatic N) is 1. The van der Waals surface area contributed by atoms with Gasteiger partial charge in [-0.1, -0.05) is 12.1 Å². The summed E-state index contributed by atoms with van der Waals surface area (Å²) in [6, 6.07) is 5.70. The molecule has 5 nitrogen and oxygen atoms in total. The quantitative estimate of drug-likeness (QED) is 0.610. The molecule has 1 unspecified atom stereocenters. The van der Waals surface area contributed by atoms with E-state index in [-0.39, 0.29) is 6.10 Å². The van der Waals surface area contributed by atoms with Gasteiger partial charge < -0.3 is 14.2 Å². The van der Waals surface area contributed by atoms with Crippen LogP contribution in [0.4, 0.5) is 0 Å². The van der Waals surface area contributed by atoms with Crippen LogP contribution in [0.1, 0.15) is 24.8 Å². The molecule has 20 heavy (non-hydrogen) atoms. The summed E-state index contributed by atoms with van der Waals surface area (Å²) >= 11 is 0. The van der Waals surface area contributed by atoms with E-state index in [1.165, 1.54) is 0 Å². The van der Waals surface area contributed by atoms with Crippen LogP contribution < -0.4 is 9.47 Å². The van der Waals surface area contributed by atoms with Crippen molar-refractivity contribution in [2.24, 2.45) is 4.99 Å². The van der Waals surface area contributed by atoms with E-state index in [2.05, 4.69) is 4.99 Å². The maximum atomic E-state index is 10.7. The maximum Gasteiger partial charge on any atom is 0.235 e. The smallest absolute Gasteiger partial charge is 0.235 e. The number of hydrogen-bond donors (Lipinski definition) is 0. The summed E-state index contributed by atoms with van der Waals surface area (Å²) in [5, 5.41) is 0. The van der Waals surface area contributed by atoms with Gasteiger partial charge in [0, 0.05) is 12.0 Å². The van der Waals surface area contributed by atoms with Gasteiger partial charge in [-0.25, -0.2) is 4.79 Å². The Hall–Kier alpha value is -1.84. The topological polar surface area (TPSA) is 57.1 Å². The molecule has 106 valence electrons. The lowest BCUT2D eigenvalue weighted by Crippen LogP contribution is -2.18. The van der Waals surface area contributed by atoms with Crippen LogP contribution in [0.3, 0.4) is 0 Å². The number of hydrogen-bond acceptors (Lipinski definition) is 5. The Balaban J connectivity index is 1.98. The zero-order valence-corrected chi connectivity index (χ0v) is 11.4. The van der Waals surface area contributed by atoms with Crippen molar-refractivity contribution in [2.75, 3.05) is 20.3 Å². The minimum atomic E-state index is -0.467. The normalized spacial score (nSPS) is 22.9. The maximum absolute atomic E-state index is 10.7. The molecule has 0 N–H and O–H groups in total. The highest BCUT2D eigenvalue weighted by Crippen LogP contribution is 2.54. The van der Waals surface area contributed by atoms with Crippen molar-refractivity contribution < 1.29 is 19.0 Å². The molecular weight excluding hydrogens is 258 g/mol. The summed E-state index contributed by atoms with van der Waals surface area (Å²) in [6.07, 6.45) is 4.25. The molecule has 0 spiro atoms. The first kappa shape index (κ1) is 13.2. The summed E-state index contributed by atoms with van der Waals surface area (Å²) in [7, 11) is 1.61. The molecule has 0 amide bonds. The highest BCUT2D eigenvalue weighted by Gasteiger charge is 2.47. The molecule has 2 fully saturated rings. The number of methoxy groups -OCH3 is 1. The van der Waals surface area contributed by atoms with E-state index in [0.717, 1.165) is 24.8 Å². The van der Waals surface area contributed by atoms with Crippen molar-refractivity contribution >= 4 is 6.08 Å². The van der Waals surface area contributed by atoms with Gasteiger partial charge in [-0.2, -0.15) is 4.99 Å². The number of ether oxygens (including phenoxy) is 3. The molecule has 2 aliphatic rings. The summed E-state index contributed by atoms with van der Waals surface area (Å²) in [5.41, 5.74) is 0.442. The van der Waals surface area contributed by atoms with Gasteiger partial charge in [0.15, 0.2) is 11.5 Å². The van der Waals surface area contributed by atoms with E-state index in [4.69, 9.17) is 14.2 Å². The van der Waals surface area contributed by atoms with E-state index in [9.17, 15) is 4.79 Å². The Morgan fingerprint density at radius 2 is 2.30 bits per heavy atom. The molecular formula is C15H17NO4. The largest absolute Gasteiger partial charge is 0.493 e. The van der Waals surface area contributed by atoms with Gasteiger partial charge in [-0.15, -0.1) is 0 Å². The summed E-state index contributed by atoms with van der Waals surface area (Å²) < 4.78 is 16.8. The van der Waals surface area contributed by atoms with Gasteiger partial charge in [0.1, 0.15) is 11.6 Å². The molecule has 1 aliphatic heterocycles. The Labute approximate surface area is 117 Å². The average molecular weight is 275 g/mol. The lowest BCUT2D eigenvalue weighted by atomic mass is 10.0. The van der Waals surface area contributed by atoms with Gasteiger partial charge >= 0.3 is 0 Å². The van der Waals surface area contributed by atoms with Crippen molar-refractivity contribution in [3.63, 3.8) is 0 Å². The van der Waals surface area contributed by atoms with Crippen molar-refractivity contribution in [3.05, 3.63) is 23.8 Å². The second kappa shape index (κ2) is 5.27. The molecule has 0 aromatic heterocycles. The predicted molar refractivity (Wildman–Crippen MR) is 71.9 cm³/mol. The van der Waals surface area contributed by atoms with Crippen LogP contribution >= 0.6 is 0 Å². The van der Waals surface area contributed by atoms with Crippen molar-refractivity contribution in [1.29, 1.82) is 0 Å². The molecule has 5 heteroatoms. The first-order valence-corrected chi connectivity index (χ1v) is 6.80. The lowest BCUT2D eigenvalue weighted by molar-refractivity contribution is 0.137. The molecule has 1 atom stereocenters. The molecule has 1 heterocycles. The number of isocyanates is 1. The predicted octanol–water partition coefficient (Wildman–Crippen LogP) is 2.19. The number of para-hydroxylation sites is 1. The van der Waals surface area contributed by atoms with Crippen molar-refractivity contribution in [3.8, 4) is 11.5 Å². The van der Waals surface area contributed by atoms with Gasteiger partial charge in [-0.05, 0) is 18.9 Å². The Bertz CT molecular complexity index is 541.